The smallest absolute Gasteiger partial charge is 0.242 e. The van der Waals surface area contributed by atoms with Crippen LogP contribution < -0.4 is 29.0 Å². The fraction of sp³-hybridized carbons (Fsp3) is 0.240. The Morgan fingerprint density at radius 1 is 0.914 bits per heavy atom. The van der Waals surface area contributed by atoms with E-state index in [1.807, 2.05) is 30.3 Å². The monoisotopic (exact) mass is 498 g/mol. The molecule has 1 heterocycles. The van der Waals surface area contributed by atoms with Crippen LogP contribution in [0.4, 0.5) is 5.69 Å². The number of hydrogen-bond acceptors (Lipinski definition) is 7. The van der Waals surface area contributed by atoms with Gasteiger partial charge in [0.1, 0.15) is 19.3 Å². The number of sulfonamides is 1. The quantitative estimate of drug-likeness (QED) is 0.466. The first-order valence-electron chi connectivity index (χ1n) is 10.9. The molecule has 0 aromatic heterocycles. The van der Waals surface area contributed by atoms with E-state index in [1.54, 1.807) is 18.2 Å². The predicted molar refractivity (Wildman–Crippen MR) is 130 cm³/mol. The molecule has 1 aliphatic rings. The minimum absolute atomic E-state index is 0.0552. The van der Waals surface area contributed by atoms with Crippen LogP contribution in [0.3, 0.4) is 0 Å². The maximum atomic E-state index is 13.3. The maximum absolute atomic E-state index is 13.3. The van der Waals surface area contributed by atoms with Crippen LogP contribution in [-0.2, 0) is 21.2 Å². The number of amides is 1. The highest BCUT2D eigenvalue weighted by Gasteiger charge is 2.27. The molecule has 9 nitrogen and oxygen atoms in total. The number of benzene rings is 3. The van der Waals surface area contributed by atoms with Gasteiger partial charge in [-0.3, -0.25) is 4.79 Å². The molecule has 0 radical (unpaired) electrons. The van der Waals surface area contributed by atoms with E-state index in [2.05, 4.69) is 10.0 Å². The molecule has 2 N–H and O–H groups in total. The van der Waals surface area contributed by atoms with Gasteiger partial charge in [0.15, 0.2) is 23.0 Å². The number of rotatable bonds is 9. The molecular formula is C25H26N2O7S. The number of ether oxygens (including phenoxy) is 4. The summed E-state index contributed by atoms with van der Waals surface area (Å²) >= 11 is 0. The van der Waals surface area contributed by atoms with Crippen LogP contribution in [0.2, 0.25) is 0 Å². The molecule has 0 spiro atoms. The van der Waals surface area contributed by atoms with Gasteiger partial charge in [-0.15, -0.1) is 0 Å². The van der Waals surface area contributed by atoms with E-state index in [9.17, 15) is 13.2 Å². The zero-order valence-corrected chi connectivity index (χ0v) is 20.1. The number of nitrogens with one attached hydrogen (secondary N) is 2. The summed E-state index contributed by atoms with van der Waals surface area (Å²) in [4.78, 5) is 13.2. The van der Waals surface area contributed by atoms with Crippen molar-refractivity contribution >= 4 is 21.6 Å². The van der Waals surface area contributed by atoms with Gasteiger partial charge in [-0.05, 0) is 36.2 Å². The molecule has 0 bridgehead atoms. The van der Waals surface area contributed by atoms with Crippen molar-refractivity contribution in [1.82, 2.24) is 4.72 Å². The summed E-state index contributed by atoms with van der Waals surface area (Å²) in [7, 11) is -1.20. The minimum Gasteiger partial charge on any atom is -0.493 e. The highest BCUT2D eigenvalue weighted by molar-refractivity contribution is 7.89. The van der Waals surface area contributed by atoms with E-state index < -0.39 is 22.0 Å². The van der Waals surface area contributed by atoms with E-state index in [1.165, 1.54) is 32.4 Å². The van der Waals surface area contributed by atoms with E-state index in [0.29, 0.717) is 36.1 Å². The second kappa shape index (κ2) is 10.7. The Balaban J connectivity index is 1.59. The molecule has 4 rings (SSSR count). The lowest BCUT2D eigenvalue weighted by Crippen LogP contribution is -2.45. The second-order valence-electron chi connectivity index (χ2n) is 7.73. The number of carbonyl (C=O) groups excluding carboxylic acids is 1. The predicted octanol–water partition coefficient (Wildman–Crippen LogP) is 3.00. The van der Waals surface area contributed by atoms with Gasteiger partial charge in [0.05, 0.1) is 19.1 Å². The van der Waals surface area contributed by atoms with Crippen LogP contribution in [0.15, 0.2) is 71.6 Å². The molecule has 0 saturated carbocycles. The van der Waals surface area contributed by atoms with Crippen molar-refractivity contribution in [3.8, 4) is 23.0 Å². The normalized spacial score (nSPS) is 13.5. The highest BCUT2D eigenvalue weighted by Crippen LogP contribution is 2.33. The lowest BCUT2D eigenvalue weighted by molar-refractivity contribution is -0.117. The van der Waals surface area contributed by atoms with Crippen molar-refractivity contribution in [2.75, 3.05) is 32.8 Å². The fourth-order valence-corrected chi connectivity index (χ4v) is 4.84. The van der Waals surface area contributed by atoms with Crippen molar-refractivity contribution in [3.05, 3.63) is 72.3 Å². The van der Waals surface area contributed by atoms with Crippen LogP contribution in [0.1, 0.15) is 5.56 Å². The summed E-state index contributed by atoms with van der Waals surface area (Å²) in [5, 5.41) is 2.78. The van der Waals surface area contributed by atoms with Gasteiger partial charge in [-0.2, -0.15) is 4.72 Å². The first-order valence-corrected chi connectivity index (χ1v) is 12.4. The summed E-state index contributed by atoms with van der Waals surface area (Å²) < 4.78 is 50.5. The molecule has 184 valence electrons. The van der Waals surface area contributed by atoms with Crippen LogP contribution in [0, 0.1) is 0 Å². The fourth-order valence-electron chi connectivity index (χ4n) is 3.63. The third kappa shape index (κ3) is 5.84. The standard InChI is InChI=1S/C25H26N2O7S/c1-31-21-11-9-19(16-23(21)32-2)35(29,30)27-20(14-17-6-4-3-5-7-17)25(28)26-18-8-10-22-24(15-18)34-13-12-33-22/h3-11,15-16,20,27H,12-14H2,1-2H3,(H,26,28). The molecule has 1 amide bonds. The van der Waals surface area contributed by atoms with Gasteiger partial charge < -0.3 is 24.3 Å². The summed E-state index contributed by atoms with van der Waals surface area (Å²) in [5.74, 6) is 1.23. The Labute approximate surface area is 204 Å². The van der Waals surface area contributed by atoms with E-state index in [-0.39, 0.29) is 17.1 Å². The molecule has 1 unspecified atom stereocenters. The zero-order chi connectivity index (χ0) is 24.8. The number of anilines is 1. The number of fused-ring (bicyclic) bond motifs is 1. The lowest BCUT2D eigenvalue weighted by Gasteiger charge is -2.21. The molecule has 1 atom stereocenters. The topological polar surface area (TPSA) is 112 Å². The molecule has 35 heavy (non-hydrogen) atoms. The molecule has 0 fully saturated rings. The van der Waals surface area contributed by atoms with Crippen molar-refractivity contribution in [2.45, 2.75) is 17.4 Å². The largest absolute Gasteiger partial charge is 0.493 e. The van der Waals surface area contributed by atoms with Gasteiger partial charge in [0, 0.05) is 17.8 Å². The summed E-state index contributed by atoms with van der Waals surface area (Å²) in [6.07, 6.45) is 0.143. The van der Waals surface area contributed by atoms with Crippen LogP contribution in [0.25, 0.3) is 0 Å². The summed E-state index contributed by atoms with van der Waals surface area (Å²) in [6.45, 7) is 0.863. The lowest BCUT2D eigenvalue weighted by atomic mass is 10.1. The molecule has 3 aromatic rings. The van der Waals surface area contributed by atoms with Gasteiger partial charge in [-0.1, -0.05) is 30.3 Å². The first kappa shape index (κ1) is 24.4. The average molecular weight is 499 g/mol. The third-order valence-electron chi connectivity index (χ3n) is 5.37. The Hall–Kier alpha value is -3.76. The Bertz CT molecular complexity index is 1300. The second-order valence-corrected chi connectivity index (χ2v) is 9.44. The minimum atomic E-state index is -4.08. The first-order chi connectivity index (χ1) is 16.9. The van der Waals surface area contributed by atoms with E-state index in [4.69, 9.17) is 18.9 Å². The summed E-state index contributed by atoms with van der Waals surface area (Å²) in [6, 6.07) is 17.3. The Morgan fingerprint density at radius 3 is 2.34 bits per heavy atom. The van der Waals surface area contributed by atoms with E-state index >= 15 is 0 Å². The van der Waals surface area contributed by atoms with Gasteiger partial charge in [-0.25, -0.2) is 8.42 Å². The van der Waals surface area contributed by atoms with Gasteiger partial charge in [0.25, 0.3) is 0 Å². The van der Waals surface area contributed by atoms with Crippen molar-refractivity contribution in [3.63, 3.8) is 0 Å². The SMILES string of the molecule is COc1ccc(S(=O)(=O)NC(Cc2ccccc2)C(=O)Nc2ccc3c(c2)OCCO3)cc1OC. The number of methoxy groups -OCH3 is 2. The molecular weight excluding hydrogens is 472 g/mol. The average Bonchev–Trinajstić information content (AvgIpc) is 2.88. The Kier molecular flexibility index (Phi) is 7.42. The molecule has 1 aliphatic heterocycles. The van der Waals surface area contributed by atoms with Crippen LogP contribution in [-0.4, -0.2) is 47.8 Å². The van der Waals surface area contributed by atoms with E-state index in [0.717, 1.165) is 5.56 Å². The van der Waals surface area contributed by atoms with Crippen LogP contribution >= 0.6 is 0 Å². The van der Waals surface area contributed by atoms with Crippen molar-refractivity contribution in [1.29, 1.82) is 0 Å². The van der Waals surface area contributed by atoms with Crippen LogP contribution in [0.5, 0.6) is 23.0 Å². The van der Waals surface area contributed by atoms with Gasteiger partial charge in [0.2, 0.25) is 15.9 Å². The molecule has 0 saturated heterocycles. The zero-order valence-electron chi connectivity index (χ0n) is 19.3. The van der Waals surface area contributed by atoms with Gasteiger partial charge >= 0.3 is 0 Å². The summed E-state index contributed by atoms with van der Waals surface area (Å²) in [5.41, 5.74) is 1.26. The molecule has 0 aliphatic carbocycles. The maximum Gasteiger partial charge on any atom is 0.242 e. The molecule has 3 aromatic carbocycles. The van der Waals surface area contributed by atoms with Crippen molar-refractivity contribution < 1.29 is 32.2 Å². The number of hydrogen-bond donors (Lipinski definition) is 2. The number of carbonyl (C=O) groups is 1. The third-order valence-corrected chi connectivity index (χ3v) is 6.84. The highest BCUT2D eigenvalue weighted by atomic mass is 32.2. The van der Waals surface area contributed by atoms with Crippen molar-refractivity contribution in [2.24, 2.45) is 0 Å². The Morgan fingerprint density at radius 2 is 1.63 bits per heavy atom. The molecule has 10 heteroatoms.